The first kappa shape index (κ1) is 32.2. The monoisotopic (exact) mass is 594 g/mol. The van der Waals surface area contributed by atoms with E-state index < -0.39 is 0 Å². The van der Waals surface area contributed by atoms with Crippen molar-refractivity contribution in [2.45, 2.75) is 64.6 Å². The molecular formula is C34H42O9. The minimum absolute atomic E-state index is 0.121. The van der Waals surface area contributed by atoms with Gasteiger partial charge in [0.25, 0.3) is 0 Å². The van der Waals surface area contributed by atoms with E-state index in [1.54, 1.807) is 0 Å². The van der Waals surface area contributed by atoms with Gasteiger partial charge in [0.15, 0.2) is 0 Å². The average Bonchev–Trinajstić information content (AvgIpc) is 3.06. The van der Waals surface area contributed by atoms with E-state index in [1.807, 2.05) is 60.7 Å². The Balaban J connectivity index is 0.985. The Hall–Kier alpha value is -3.72. The van der Waals surface area contributed by atoms with E-state index in [4.69, 9.17) is 23.7 Å². The van der Waals surface area contributed by atoms with Gasteiger partial charge in [-0.25, -0.2) is 0 Å². The topological polar surface area (TPSA) is 114 Å². The van der Waals surface area contributed by atoms with Crippen molar-refractivity contribution < 1.29 is 42.9 Å². The first-order valence-corrected chi connectivity index (χ1v) is 15.3. The van der Waals surface area contributed by atoms with Crippen LogP contribution in [0.2, 0.25) is 0 Å². The van der Waals surface area contributed by atoms with Crippen LogP contribution in [0.25, 0.3) is 0 Å². The van der Waals surface area contributed by atoms with Crippen molar-refractivity contribution in [3.8, 4) is 0 Å². The van der Waals surface area contributed by atoms with Crippen molar-refractivity contribution >= 4 is 23.9 Å². The normalized spacial score (nSPS) is 21.8. The molecule has 0 heterocycles. The zero-order valence-electron chi connectivity index (χ0n) is 24.7. The molecule has 232 valence electrons. The van der Waals surface area contributed by atoms with Gasteiger partial charge in [0.05, 0.1) is 36.9 Å². The molecule has 2 aliphatic rings. The van der Waals surface area contributed by atoms with Gasteiger partial charge in [-0.2, -0.15) is 0 Å². The summed E-state index contributed by atoms with van der Waals surface area (Å²) in [6, 6.07) is 19.1. The minimum Gasteiger partial charge on any atom is -0.463 e. The first-order chi connectivity index (χ1) is 21.0. The van der Waals surface area contributed by atoms with E-state index in [9.17, 15) is 19.2 Å². The number of carbonyl (C=O) groups excluding carboxylic acids is 4. The van der Waals surface area contributed by atoms with Gasteiger partial charge in [0.1, 0.15) is 26.4 Å². The van der Waals surface area contributed by atoms with Crippen LogP contribution >= 0.6 is 0 Å². The molecular weight excluding hydrogens is 552 g/mol. The van der Waals surface area contributed by atoms with Crippen molar-refractivity contribution in [2.24, 2.45) is 23.7 Å². The number of carbonyl (C=O) groups is 4. The molecule has 43 heavy (non-hydrogen) atoms. The van der Waals surface area contributed by atoms with Crippen LogP contribution in [0.15, 0.2) is 60.7 Å². The van der Waals surface area contributed by atoms with Gasteiger partial charge in [0.2, 0.25) is 0 Å². The highest BCUT2D eigenvalue weighted by Gasteiger charge is 2.33. The summed E-state index contributed by atoms with van der Waals surface area (Å²) in [6.07, 6.45) is 4.80. The molecule has 0 unspecified atom stereocenters. The Morgan fingerprint density at radius 2 is 0.744 bits per heavy atom. The third-order valence-electron chi connectivity index (χ3n) is 8.18. The predicted molar refractivity (Wildman–Crippen MR) is 156 cm³/mol. The predicted octanol–water partition coefficient (Wildman–Crippen LogP) is 5.19. The van der Waals surface area contributed by atoms with Crippen LogP contribution in [-0.4, -0.2) is 50.3 Å². The van der Waals surface area contributed by atoms with Crippen LogP contribution in [0, 0.1) is 23.7 Å². The summed E-state index contributed by atoms with van der Waals surface area (Å²) in [7, 11) is 0. The zero-order chi connectivity index (χ0) is 30.3. The summed E-state index contributed by atoms with van der Waals surface area (Å²) in [4.78, 5) is 49.6. The van der Waals surface area contributed by atoms with E-state index >= 15 is 0 Å². The molecule has 0 aromatic heterocycles. The molecule has 0 N–H and O–H groups in total. The number of hydrogen-bond acceptors (Lipinski definition) is 9. The average molecular weight is 595 g/mol. The van der Waals surface area contributed by atoms with E-state index in [1.165, 1.54) is 0 Å². The smallest absolute Gasteiger partial charge is 0.309 e. The first-order valence-electron chi connectivity index (χ1n) is 15.3. The molecule has 9 heteroatoms. The highest BCUT2D eigenvalue weighted by atomic mass is 16.6. The van der Waals surface area contributed by atoms with Crippen LogP contribution in [0.1, 0.15) is 62.5 Å². The van der Waals surface area contributed by atoms with Gasteiger partial charge in [-0.1, -0.05) is 60.7 Å². The standard InChI is InChI=1S/C34H42O9/c35-31(27-11-15-29(16-12-27)33(37)42-23-25-7-3-1-4-8-25)40-21-19-39-20-22-41-32(36)28-13-17-30(18-14-28)34(38)43-24-26-9-5-2-6-10-26/h1-10,27-30H,11-24H2. The molecule has 2 fully saturated rings. The van der Waals surface area contributed by atoms with Crippen molar-refractivity contribution in [2.75, 3.05) is 26.4 Å². The molecule has 0 atom stereocenters. The van der Waals surface area contributed by atoms with E-state index in [2.05, 4.69) is 0 Å². The van der Waals surface area contributed by atoms with Gasteiger partial charge < -0.3 is 23.7 Å². The summed E-state index contributed by atoms with van der Waals surface area (Å²) in [5.41, 5.74) is 1.90. The second-order valence-corrected chi connectivity index (χ2v) is 11.2. The molecule has 0 spiro atoms. The molecule has 2 saturated carbocycles. The van der Waals surface area contributed by atoms with Crippen LogP contribution in [0.4, 0.5) is 0 Å². The minimum atomic E-state index is -0.273. The maximum Gasteiger partial charge on any atom is 0.309 e. The highest BCUT2D eigenvalue weighted by Crippen LogP contribution is 2.31. The summed E-state index contributed by atoms with van der Waals surface area (Å²) in [5, 5.41) is 0. The fraction of sp³-hybridized carbons (Fsp3) is 0.529. The molecule has 0 aliphatic heterocycles. The van der Waals surface area contributed by atoms with Crippen LogP contribution in [0.3, 0.4) is 0 Å². The number of benzene rings is 2. The number of hydrogen-bond donors (Lipinski definition) is 0. The van der Waals surface area contributed by atoms with Gasteiger partial charge in [-0.15, -0.1) is 0 Å². The van der Waals surface area contributed by atoms with Gasteiger partial charge in [-0.3, -0.25) is 19.2 Å². The quantitative estimate of drug-likeness (QED) is 0.166. The summed E-state index contributed by atoms with van der Waals surface area (Å²) >= 11 is 0. The number of ether oxygens (including phenoxy) is 5. The van der Waals surface area contributed by atoms with Gasteiger partial charge in [0, 0.05) is 0 Å². The Morgan fingerprint density at radius 3 is 1.07 bits per heavy atom. The lowest BCUT2D eigenvalue weighted by Gasteiger charge is -2.26. The van der Waals surface area contributed by atoms with Crippen molar-refractivity contribution in [1.82, 2.24) is 0 Å². The Kier molecular flexibility index (Phi) is 13.0. The second kappa shape index (κ2) is 17.4. The second-order valence-electron chi connectivity index (χ2n) is 11.2. The van der Waals surface area contributed by atoms with Crippen LogP contribution < -0.4 is 0 Å². The van der Waals surface area contributed by atoms with Crippen molar-refractivity contribution in [3.63, 3.8) is 0 Å². The van der Waals surface area contributed by atoms with Crippen LogP contribution in [-0.2, 0) is 56.1 Å². The third kappa shape index (κ3) is 10.8. The van der Waals surface area contributed by atoms with E-state index in [0.29, 0.717) is 51.4 Å². The van der Waals surface area contributed by atoms with Gasteiger partial charge in [-0.05, 0) is 62.5 Å². The molecule has 0 amide bonds. The lowest BCUT2D eigenvalue weighted by molar-refractivity contribution is -0.158. The maximum atomic E-state index is 12.4. The molecule has 4 rings (SSSR count). The highest BCUT2D eigenvalue weighted by molar-refractivity contribution is 5.76. The van der Waals surface area contributed by atoms with Crippen molar-refractivity contribution in [3.05, 3.63) is 71.8 Å². The number of esters is 4. The summed E-state index contributed by atoms with van der Waals surface area (Å²) in [6.45, 7) is 1.18. The largest absolute Gasteiger partial charge is 0.463 e. The summed E-state index contributed by atoms with van der Waals surface area (Å²) < 4.78 is 27.0. The molecule has 9 nitrogen and oxygen atoms in total. The third-order valence-corrected chi connectivity index (χ3v) is 8.18. The van der Waals surface area contributed by atoms with Crippen molar-refractivity contribution in [1.29, 1.82) is 0 Å². The molecule has 2 aromatic rings. The lowest BCUT2D eigenvalue weighted by atomic mass is 9.82. The van der Waals surface area contributed by atoms with E-state index in [-0.39, 0.29) is 87.2 Å². The van der Waals surface area contributed by atoms with Gasteiger partial charge >= 0.3 is 23.9 Å². The summed E-state index contributed by atoms with van der Waals surface area (Å²) in [5.74, 6) is -1.78. The zero-order valence-corrected chi connectivity index (χ0v) is 24.7. The van der Waals surface area contributed by atoms with Crippen LogP contribution in [0.5, 0.6) is 0 Å². The fourth-order valence-electron chi connectivity index (χ4n) is 5.56. The lowest BCUT2D eigenvalue weighted by Crippen LogP contribution is -2.29. The Bertz CT molecular complexity index is 1060. The fourth-order valence-corrected chi connectivity index (χ4v) is 5.56. The molecule has 0 radical (unpaired) electrons. The number of rotatable bonds is 14. The van der Waals surface area contributed by atoms with E-state index in [0.717, 1.165) is 11.1 Å². The molecule has 0 saturated heterocycles. The SMILES string of the molecule is O=C(OCCOCCOC(=O)C1CCC(C(=O)OCc2ccccc2)CC1)C1CCC(C(=O)OCc2ccccc2)CC1. The molecule has 2 aromatic carbocycles. The Morgan fingerprint density at radius 1 is 0.442 bits per heavy atom. The molecule has 2 aliphatic carbocycles. The Labute approximate surface area is 253 Å². The maximum absolute atomic E-state index is 12.4. The molecule has 0 bridgehead atoms.